The Morgan fingerprint density at radius 1 is 1.60 bits per heavy atom. The molecule has 15 heavy (non-hydrogen) atoms. The summed E-state index contributed by atoms with van der Waals surface area (Å²) in [5.41, 5.74) is 0. The second-order valence-electron chi connectivity index (χ2n) is 2.72. The molecule has 0 saturated heterocycles. The van der Waals surface area contributed by atoms with Gasteiger partial charge < -0.3 is 10.4 Å². The van der Waals surface area contributed by atoms with E-state index in [1.165, 1.54) is 0 Å². The summed E-state index contributed by atoms with van der Waals surface area (Å²) < 4.78 is 1.65. The number of aryl methyl sites for hydroxylation is 1. The van der Waals surface area contributed by atoms with Gasteiger partial charge in [0.2, 0.25) is 5.91 Å². The minimum atomic E-state index is -1.16. The highest BCUT2D eigenvalue weighted by molar-refractivity contribution is 6.01. The van der Waals surface area contributed by atoms with E-state index in [-0.39, 0.29) is 0 Å². The summed E-state index contributed by atoms with van der Waals surface area (Å²) in [6.07, 6.45) is 3.43. The number of hydrogen-bond donors (Lipinski definition) is 2. The zero-order valence-electron chi connectivity index (χ0n) is 8.17. The van der Waals surface area contributed by atoms with Gasteiger partial charge in [0.1, 0.15) is 0 Å². The smallest absolute Gasteiger partial charge is 0.328 e. The molecule has 1 heterocycles. The monoisotopic (exact) mass is 209 g/mol. The largest absolute Gasteiger partial charge is 0.478 e. The van der Waals surface area contributed by atoms with Gasteiger partial charge in [-0.2, -0.15) is 5.10 Å². The fraction of sp³-hybridized carbons (Fsp3) is 0.222. The van der Waals surface area contributed by atoms with Crippen molar-refractivity contribution in [1.82, 2.24) is 9.78 Å². The van der Waals surface area contributed by atoms with Crippen LogP contribution in [0.4, 0.5) is 5.82 Å². The number of carboxylic acids is 1. The van der Waals surface area contributed by atoms with Crippen LogP contribution in [0.2, 0.25) is 0 Å². The highest BCUT2D eigenvalue weighted by Crippen LogP contribution is 2.01. The lowest BCUT2D eigenvalue weighted by molar-refractivity contribution is -0.131. The Morgan fingerprint density at radius 3 is 2.87 bits per heavy atom. The van der Waals surface area contributed by atoms with Crippen molar-refractivity contribution in [1.29, 1.82) is 0 Å². The number of carbonyl (C=O) groups is 2. The summed E-state index contributed by atoms with van der Waals surface area (Å²) in [4.78, 5) is 21.2. The second-order valence-corrected chi connectivity index (χ2v) is 2.72. The van der Waals surface area contributed by atoms with Crippen molar-refractivity contribution in [2.24, 2.45) is 0 Å². The molecule has 1 rings (SSSR count). The molecule has 0 radical (unpaired) electrons. The average molecular weight is 209 g/mol. The SMILES string of the molecule is CCn1ccc(NC(=O)/C=C/C(=O)O)n1. The van der Waals surface area contributed by atoms with E-state index in [1.54, 1.807) is 16.9 Å². The van der Waals surface area contributed by atoms with E-state index in [0.717, 1.165) is 12.2 Å². The highest BCUT2D eigenvalue weighted by Gasteiger charge is 2.01. The molecule has 2 N–H and O–H groups in total. The van der Waals surface area contributed by atoms with Crippen LogP contribution in [0, 0.1) is 0 Å². The fourth-order valence-electron chi connectivity index (χ4n) is 0.919. The Labute approximate surface area is 86.2 Å². The standard InChI is InChI=1S/C9H11N3O3/c1-2-12-6-5-7(11-12)10-8(13)3-4-9(14)15/h3-6H,2H2,1H3,(H,14,15)(H,10,11,13)/b4-3+. The predicted molar refractivity (Wildman–Crippen MR) is 53.3 cm³/mol. The molecule has 1 aromatic rings. The van der Waals surface area contributed by atoms with E-state index in [1.807, 2.05) is 6.92 Å². The molecule has 0 unspecified atom stereocenters. The highest BCUT2D eigenvalue weighted by atomic mass is 16.4. The van der Waals surface area contributed by atoms with E-state index in [2.05, 4.69) is 10.4 Å². The maximum Gasteiger partial charge on any atom is 0.328 e. The number of aromatic nitrogens is 2. The van der Waals surface area contributed by atoms with Gasteiger partial charge in [0.05, 0.1) is 0 Å². The molecule has 1 amide bonds. The minimum Gasteiger partial charge on any atom is -0.478 e. The number of nitrogens with zero attached hydrogens (tertiary/aromatic N) is 2. The van der Waals surface area contributed by atoms with Crippen LogP contribution < -0.4 is 5.32 Å². The van der Waals surface area contributed by atoms with Crippen molar-refractivity contribution in [3.63, 3.8) is 0 Å². The Morgan fingerprint density at radius 2 is 2.33 bits per heavy atom. The molecule has 6 nitrogen and oxygen atoms in total. The fourth-order valence-corrected chi connectivity index (χ4v) is 0.919. The lowest BCUT2D eigenvalue weighted by atomic mass is 10.4. The molecule has 0 aliphatic carbocycles. The molecule has 80 valence electrons. The van der Waals surface area contributed by atoms with E-state index in [4.69, 9.17) is 5.11 Å². The second kappa shape index (κ2) is 4.94. The van der Waals surface area contributed by atoms with Crippen LogP contribution in [0.15, 0.2) is 24.4 Å². The zero-order chi connectivity index (χ0) is 11.3. The molecule has 6 heteroatoms. The lowest BCUT2D eigenvalue weighted by Crippen LogP contribution is -2.09. The van der Waals surface area contributed by atoms with E-state index >= 15 is 0 Å². The predicted octanol–water partition coefficient (Wildman–Crippen LogP) is 0.482. The Hall–Kier alpha value is -2.11. The Kier molecular flexibility index (Phi) is 3.61. The molecular formula is C9H11N3O3. The maximum atomic E-state index is 11.1. The van der Waals surface area contributed by atoms with Crippen molar-refractivity contribution < 1.29 is 14.7 Å². The van der Waals surface area contributed by atoms with Crippen LogP contribution in [-0.4, -0.2) is 26.8 Å². The third-order valence-electron chi connectivity index (χ3n) is 1.59. The number of carboxylic acid groups (broad SMARTS) is 1. The third kappa shape index (κ3) is 3.63. The minimum absolute atomic E-state index is 0.400. The first kappa shape index (κ1) is 11.0. The molecule has 0 spiro atoms. The number of nitrogens with one attached hydrogen (secondary N) is 1. The van der Waals surface area contributed by atoms with Gasteiger partial charge in [-0.3, -0.25) is 9.48 Å². The van der Waals surface area contributed by atoms with Gasteiger partial charge in [-0.05, 0) is 6.92 Å². The van der Waals surface area contributed by atoms with Crippen LogP contribution >= 0.6 is 0 Å². The van der Waals surface area contributed by atoms with Gasteiger partial charge >= 0.3 is 5.97 Å². The normalized spacial score (nSPS) is 10.5. The number of hydrogen-bond acceptors (Lipinski definition) is 3. The van der Waals surface area contributed by atoms with Crippen molar-refractivity contribution in [3.8, 4) is 0 Å². The quantitative estimate of drug-likeness (QED) is 0.706. The molecule has 0 atom stereocenters. The Bertz CT molecular complexity index is 395. The van der Waals surface area contributed by atoms with Gasteiger partial charge in [-0.15, -0.1) is 0 Å². The first-order valence-electron chi connectivity index (χ1n) is 4.37. The van der Waals surface area contributed by atoms with E-state index in [9.17, 15) is 9.59 Å². The van der Waals surface area contributed by atoms with Crippen LogP contribution in [0.1, 0.15) is 6.92 Å². The van der Waals surface area contributed by atoms with Crippen molar-refractivity contribution in [3.05, 3.63) is 24.4 Å². The lowest BCUT2D eigenvalue weighted by Gasteiger charge is -1.96. The molecule has 0 aliphatic heterocycles. The average Bonchev–Trinajstić information content (AvgIpc) is 2.62. The van der Waals surface area contributed by atoms with Gasteiger partial charge in [0, 0.05) is 31.0 Å². The summed E-state index contributed by atoms with van der Waals surface area (Å²) >= 11 is 0. The summed E-state index contributed by atoms with van der Waals surface area (Å²) in [6, 6.07) is 1.63. The Balaban J connectivity index is 2.54. The van der Waals surface area contributed by atoms with E-state index in [0.29, 0.717) is 12.4 Å². The number of rotatable bonds is 4. The molecule has 0 bridgehead atoms. The topological polar surface area (TPSA) is 84.2 Å². The van der Waals surface area contributed by atoms with Crippen molar-refractivity contribution in [2.45, 2.75) is 13.5 Å². The molecule has 0 aliphatic rings. The summed E-state index contributed by atoms with van der Waals surface area (Å²) in [7, 11) is 0. The first-order chi connectivity index (χ1) is 7.11. The zero-order valence-corrected chi connectivity index (χ0v) is 8.17. The molecule has 0 fully saturated rings. The van der Waals surface area contributed by atoms with Gasteiger partial charge in [-0.25, -0.2) is 4.79 Å². The molecule has 0 aromatic carbocycles. The van der Waals surface area contributed by atoms with E-state index < -0.39 is 11.9 Å². The summed E-state index contributed by atoms with van der Waals surface area (Å²) in [5.74, 6) is -1.28. The van der Waals surface area contributed by atoms with Crippen LogP contribution in [0.5, 0.6) is 0 Å². The van der Waals surface area contributed by atoms with Crippen molar-refractivity contribution in [2.75, 3.05) is 5.32 Å². The number of amides is 1. The van der Waals surface area contributed by atoms with Gasteiger partial charge in [0.15, 0.2) is 5.82 Å². The summed E-state index contributed by atoms with van der Waals surface area (Å²) in [5, 5.41) is 14.7. The molecule has 0 saturated carbocycles. The van der Waals surface area contributed by atoms with Gasteiger partial charge in [0.25, 0.3) is 0 Å². The van der Waals surface area contributed by atoms with Crippen molar-refractivity contribution >= 4 is 17.7 Å². The molecule has 1 aromatic heterocycles. The molecular weight excluding hydrogens is 198 g/mol. The van der Waals surface area contributed by atoms with Gasteiger partial charge in [-0.1, -0.05) is 0 Å². The number of anilines is 1. The number of aliphatic carboxylic acids is 1. The number of carbonyl (C=O) groups excluding carboxylic acids is 1. The van der Waals surface area contributed by atoms with Crippen LogP contribution in [0.25, 0.3) is 0 Å². The summed E-state index contributed by atoms with van der Waals surface area (Å²) in [6.45, 7) is 2.63. The maximum absolute atomic E-state index is 11.1. The third-order valence-corrected chi connectivity index (χ3v) is 1.59. The van der Waals surface area contributed by atoms with Crippen LogP contribution in [0.3, 0.4) is 0 Å². The first-order valence-corrected chi connectivity index (χ1v) is 4.37. The van der Waals surface area contributed by atoms with Crippen LogP contribution in [-0.2, 0) is 16.1 Å².